The first-order valence-corrected chi connectivity index (χ1v) is 10.2. The van der Waals surface area contributed by atoms with E-state index in [2.05, 4.69) is 69.9 Å². The molecule has 0 saturated carbocycles. The standard InChI is InChI=1S/C23H36N2O/c1-8-11-15-23(7,14-9-2)20-16-18(21-25-24-17(4)26-21)12-13-19(20)22(5,6)10-3/h12-13,16H,8-11,14-15H2,1-7H3. The van der Waals surface area contributed by atoms with E-state index in [1.807, 2.05) is 6.92 Å². The van der Waals surface area contributed by atoms with E-state index >= 15 is 0 Å². The Balaban J connectivity index is 2.63. The quantitative estimate of drug-likeness (QED) is 0.486. The van der Waals surface area contributed by atoms with E-state index in [1.165, 1.54) is 43.2 Å². The average molecular weight is 357 g/mol. The molecule has 0 bridgehead atoms. The lowest BCUT2D eigenvalue weighted by Crippen LogP contribution is -2.28. The lowest BCUT2D eigenvalue weighted by molar-refractivity contribution is 0.369. The van der Waals surface area contributed by atoms with Crippen LogP contribution < -0.4 is 0 Å². The van der Waals surface area contributed by atoms with Gasteiger partial charge < -0.3 is 4.42 Å². The van der Waals surface area contributed by atoms with Gasteiger partial charge in [0, 0.05) is 12.5 Å². The highest BCUT2D eigenvalue weighted by atomic mass is 16.4. The second-order valence-electron chi connectivity index (χ2n) is 8.54. The van der Waals surface area contributed by atoms with Crippen molar-refractivity contribution < 1.29 is 4.42 Å². The highest BCUT2D eigenvalue weighted by molar-refractivity contribution is 5.58. The summed E-state index contributed by atoms with van der Waals surface area (Å²) >= 11 is 0. The summed E-state index contributed by atoms with van der Waals surface area (Å²) in [6, 6.07) is 6.77. The van der Waals surface area contributed by atoms with Gasteiger partial charge in [-0.05, 0) is 53.4 Å². The molecule has 3 heteroatoms. The summed E-state index contributed by atoms with van der Waals surface area (Å²) in [5, 5.41) is 8.25. The van der Waals surface area contributed by atoms with Crippen molar-refractivity contribution in [3.8, 4) is 11.5 Å². The molecule has 1 aromatic heterocycles. The van der Waals surface area contributed by atoms with Crippen LogP contribution in [0.15, 0.2) is 22.6 Å². The normalized spacial score (nSPS) is 14.4. The molecule has 1 heterocycles. The van der Waals surface area contributed by atoms with E-state index < -0.39 is 0 Å². The van der Waals surface area contributed by atoms with Crippen LogP contribution in [0.3, 0.4) is 0 Å². The minimum Gasteiger partial charge on any atom is -0.421 e. The van der Waals surface area contributed by atoms with Gasteiger partial charge in [-0.2, -0.15) is 0 Å². The van der Waals surface area contributed by atoms with Crippen LogP contribution in [-0.4, -0.2) is 10.2 Å². The van der Waals surface area contributed by atoms with Crippen LogP contribution in [0.25, 0.3) is 11.5 Å². The molecule has 1 atom stereocenters. The van der Waals surface area contributed by atoms with Crippen molar-refractivity contribution in [3.63, 3.8) is 0 Å². The summed E-state index contributed by atoms with van der Waals surface area (Å²) in [7, 11) is 0. The minimum atomic E-state index is 0.153. The molecule has 0 spiro atoms. The number of aromatic nitrogens is 2. The van der Waals surface area contributed by atoms with Crippen molar-refractivity contribution in [2.24, 2.45) is 0 Å². The summed E-state index contributed by atoms with van der Waals surface area (Å²) < 4.78 is 5.71. The molecule has 0 fully saturated rings. The van der Waals surface area contributed by atoms with Gasteiger partial charge in [0.1, 0.15) is 0 Å². The van der Waals surface area contributed by atoms with Crippen LogP contribution in [0.1, 0.15) is 97.1 Å². The first-order valence-electron chi connectivity index (χ1n) is 10.2. The second-order valence-corrected chi connectivity index (χ2v) is 8.54. The third kappa shape index (κ3) is 4.36. The lowest BCUT2D eigenvalue weighted by Gasteiger charge is -2.37. The van der Waals surface area contributed by atoms with Gasteiger partial charge in [0.15, 0.2) is 0 Å². The van der Waals surface area contributed by atoms with E-state index in [-0.39, 0.29) is 10.8 Å². The summed E-state index contributed by atoms with van der Waals surface area (Å²) in [5.41, 5.74) is 4.30. The van der Waals surface area contributed by atoms with Crippen LogP contribution in [0.4, 0.5) is 0 Å². The van der Waals surface area contributed by atoms with Crippen LogP contribution in [0.2, 0.25) is 0 Å². The first kappa shape index (κ1) is 20.7. The molecule has 0 saturated heterocycles. The number of unbranched alkanes of at least 4 members (excludes halogenated alkanes) is 1. The van der Waals surface area contributed by atoms with E-state index in [9.17, 15) is 0 Å². The second kappa shape index (κ2) is 8.37. The molecule has 0 N–H and O–H groups in total. The van der Waals surface area contributed by atoms with E-state index in [4.69, 9.17) is 4.42 Å². The molecule has 1 aromatic carbocycles. The van der Waals surface area contributed by atoms with Gasteiger partial charge in [-0.15, -0.1) is 10.2 Å². The molecule has 2 rings (SSSR count). The molecule has 3 nitrogen and oxygen atoms in total. The van der Waals surface area contributed by atoms with Crippen LogP contribution in [0, 0.1) is 6.92 Å². The Labute approximate surface area is 159 Å². The van der Waals surface area contributed by atoms with Crippen molar-refractivity contribution in [2.75, 3.05) is 0 Å². The maximum atomic E-state index is 5.71. The molecule has 0 aliphatic carbocycles. The van der Waals surface area contributed by atoms with Gasteiger partial charge >= 0.3 is 0 Å². The van der Waals surface area contributed by atoms with Gasteiger partial charge in [-0.25, -0.2) is 0 Å². The third-order valence-corrected chi connectivity index (χ3v) is 5.94. The number of aryl methyl sites for hydroxylation is 1. The van der Waals surface area contributed by atoms with E-state index in [0.717, 1.165) is 12.0 Å². The fraction of sp³-hybridized carbons (Fsp3) is 0.652. The zero-order chi connectivity index (χ0) is 19.4. The fourth-order valence-electron chi connectivity index (χ4n) is 3.88. The molecule has 2 aromatic rings. The van der Waals surface area contributed by atoms with Crippen LogP contribution in [0.5, 0.6) is 0 Å². The fourth-order valence-corrected chi connectivity index (χ4v) is 3.88. The SMILES string of the molecule is CCCCC(C)(CCC)c1cc(-c2nnc(C)o2)ccc1C(C)(C)CC. The van der Waals surface area contributed by atoms with Crippen molar-refractivity contribution in [1.82, 2.24) is 10.2 Å². The average Bonchev–Trinajstić information content (AvgIpc) is 3.06. The Bertz CT molecular complexity index is 717. The zero-order valence-electron chi connectivity index (χ0n) is 17.8. The molecule has 144 valence electrons. The molecule has 0 aliphatic heterocycles. The number of rotatable bonds is 9. The molecule has 0 amide bonds. The van der Waals surface area contributed by atoms with Crippen molar-refractivity contribution in [3.05, 3.63) is 35.2 Å². The topological polar surface area (TPSA) is 38.9 Å². The van der Waals surface area contributed by atoms with Gasteiger partial charge in [-0.1, -0.05) is 66.9 Å². The minimum absolute atomic E-state index is 0.153. The molecular formula is C23H36N2O. The highest BCUT2D eigenvalue weighted by Crippen LogP contribution is 2.43. The molecule has 0 aliphatic rings. The van der Waals surface area contributed by atoms with Crippen molar-refractivity contribution in [2.45, 2.75) is 97.8 Å². The monoisotopic (exact) mass is 356 g/mol. The van der Waals surface area contributed by atoms with E-state index in [1.54, 1.807) is 0 Å². The van der Waals surface area contributed by atoms with Gasteiger partial charge in [0.2, 0.25) is 11.8 Å². The lowest BCUT2D eigenvalue weighted by atomic mass is 9.67. The number of hydrogen-bond acceptors (Lipinski definition) is 3. The third-order valence-electron chi connectivity index (χ3n) is 5.94. The zero-order valence-corrected chi connectivity index (χ0v) is 17.8. The van der Waals surface area contributed by atoms with Gasteiger partial charge in [-0.3, -0.25) is 0 Å². The molecule has 0 radical (unpaired) electrons. The summed E-state index contributed by atoms with van der Waals surface area (Å²) in [6.07, 6.45) is 7.22. The van der Waals surface area contributed by atoms with Crippen LogP contribution >= 0.6 is 0 Å². The Hall–Kier alpha value is -1.64. The van der Waals surface area contributed by atoms with Crippen molar-refractivity contribution >= 4 is 0 Å². The Morgan fingerprint density at radius 3 is 2.19 bits per heavy atom. The van der Waals surface area contributed by atoms with Gasteiger partial charge in [0.25, 0.3) is 0 Å². The largest absolute Gasteiger partial charge is 0.421 e. The van der Waals surface area contributed by atoms with E-state index in [0.29, 0.717) is 11.8 Å². The Kier molecular flexibility index (Phi) is 6.65. The smallest absolute Gasteiger partial charge is 0.247 e. The van der Waals surface area contributed by atoms with Crippen molar-refractivity contribution in [1.29, 1.82) is 0 Å². The van der Waals surface area contributed by atoms with Crippen LogP contribution in [-0.2, 0) is 10.8 Å². The Morgan fingerprint density at radius 2 is 1.65 bits per heavy atom. The molecule has 26 heavy (non-hydrogen) atoms. The Morgan fingerprint density at radius 1 is 0.923 bits per heavy atom. The summed E-state index contributed by atoms with van der Waals surface area (Å²) in [6.45, 7) is 15.8. The predicted octanol–water partition coefficient (Wildman–Crippen LogP) is 6.98. The highest BCUT2D eigenvalue weighted by Gasteiger charge is 2.33. The summed E-state index contributed by atoms with van der Waals surface area (Å²) in [5.74, 6) is 1.24. The number of nitrogens with zero attached hydrogens (tertiary/aromatic N) is 2. The molecular weight excluding hydrogens is 320 g/mol. The molecule has 1 unspecified atom stereocenters. The summed E-state index contributed by atoms with van der Waals surface area (Å²) in [4.78, 5) is 0. The first-order chi connectivity index (χ1) is 12.3. The number of hydrogen-bond donors (Lipinski definition) is 0. The van der Waals surface area contributed by atoms with Gasteiger partial charge in [0.05, 0.1) is 0 Å². The predicted molar refractivity (Wildman–Crippen MR) is 110 cm³/mol. The number of benzene rings is 1. The maximum Gasteiger partial charge on any atom is 0.247 e. The maximum absolute atomic E-state index is 5.71.